The first kappa shape index (κ1) is 24.3. The molecule has 0 atom stereocenters. The maximum atomic E-state index is 12.5. The van der Waals surface area contributed by atoms with Crippen LogP contribution < -0.4 is 14.2 Å². The minimum absolute atomic E-state index is 0.253. The predicted molar refractivity (Wildman–Crippen MR) is 130 cm³/mol. The van der Waals surface area contributed by atoms with Gasteiger partial charge >= 0.3 is 11.9 Å². The van der Waals surface area contributed by atoms with E-state index in [1.54, 1.807) is 42.5 Å². The summed E-state index contributed by atoms with van der Waals surface area (Å²) < 4.78 is 21.4. The van der Waals surface area contributed by atoms with E-state index in [-0.39, 0.29) is 6.61 Å². The van der Waals surface area contributed by atoms with Crippen molar-refractivity contribution in [1.82, 2.24) is 0 Å². The van der Waals surface area contributed by atoms with Crippen LogP contribution in [0.4, 0.5) is 0 Å². The zero-order valence-electron chi connectivity index (χ0n) is 18.8. The fourth-order valence-electron chi connectivity index (χ4n) is 2.95. The normalized spacial score (nSPS) is 10.1. The second-order valence-electron chi connectivity index (χ2n) is 7.14. The van der Waals surface area contributed by atoms with Crippen LogP contribution in [-0.2, 0) is 9.53 Å². The quantitative estimate of drug-likeness (QED) is 0.115. The minimum Gasteiger partial charge on any atom is -0.493 e. The lowest BCUT2D eigenvalue weighted by Gasteiger charge is -2.09. The summed E-state index contributed by atoms with van der Waals surface area (Å²) in [6, 6.07) is 21.7. The molecule has 0 N–H and O–H groups in total. The Bertz CT molecular complexity index is 1100. The molecular formula is C28H26O6. The van der Waals surface area contributed by atoms with E-state index >= 15 is 0 Å². The highest BCUT2D eigenvalue weighted by Gasteiger charge is 2.09. The van der Waals surface area contributed by atoms with Gasteiger partial charge in [-0.25, -0.2) is 9.59 Å². The molecule has 6 nitrogen and oxygen atoms in total. The van der Waals surface area contributed by atoms with Gasteiger partial charge in [0.1, 0.15) is 23.9 Å². The number of carbonyl (C=O) groups excluding carboxylic acids is 2. The fraction of sp³-hybridized carbons (Fsp3) is 0.143. The summed E-state index contributed by atoms with van der Waals surface area (Å²) in [5.41, 5.74) is 2.43. The van der Waals surface area contributed by atoms with Crippen LogP contribution in [0.5, 0.6) is 17.2 Å². The fourth-order valence-corrected chi connectivity index (χ4v) is 2.95. The zero-order chi connectivity index (χ0) is 24.2. The van der Waals surface area contributed by atoms with Crippen molar-refractivity contribution in [1.29, 1.82) is 0 Å². The van der Waals surface area contributed by atoms with E-state index in [1.807, 2.05) is 36.4 Å². The maximum Gasteiger partial charge on any atom is 0.343 e. The smallest absolute Gasteiger partial charge is 0.343 e. The largest absolute Gasteiger partial charge is 0.493 e. The van der Waals surface area contributed by atoms with Crippen LogP contribution in [0, 0.1) is 0 Å². The molecule has 0 amide bonds. The van der Waals surface area contributed by atoms with Crippen molar-refractivity contribution < 1.29 is 28.5 Å². The van der Waals surface area contributed by atoms with Crippen molar-refractivity contribution >= 4 is 11.9 Å². The van der Waals surface area contributed by atoms with Crippen LogP contribution in [0.25, 0.3) is 11.1 Å². The molecule has 34 heavy (non-hydrogen) atoms. The molecule has 0 saturated heterocycles. The molecule has 0 aliphatic rings. The molecule has 0 fully saturated rings. The number of hydrogen-bond donors (Lipinski definition) is 0. The summed E-state index contributed by atoms with van der Waals surface area (Å²) in [7, 11) is 0. The van der Waals surface area contributed by atoms with Gasteiger partial charge in [0.05, 0.1) is 18.8 Å². The topological polar surface area (TPSA) is 71.1 Å². The van der Waals surface area contributed by atoms with E-state index in [4.69, 9.17) is 18.9 Å². The zero-order valence-corrected chi connectivity index (χ0v) is 18.8. The van der Waals surface area contributed by atoms with Crippen LogP contribution in [0.3, 0.4) is 0 Å². The van der Waals surface area contributed by atoms with E-state index in [2.05, 4.69) is 13.2 Å². The Morgan fingerprint density at radius 1 is 0.706 bits per heavy atom. The Morgan fingerprint density at radius 3 is 1.85 bits per heavy atom. The maximum absolute atomic E-state index is 12.5. The molecule has 0 aliphatic carbocycles. The van der Waals surface area contributed by atoms with E-state index < -0.39 is 11.9 Å². The van der Waals surface area contributed by atoms with Crippen molar-refractivity contribution in [2.24, 2.45) is 0 Å². The number of carbonyl (C=O) groups is 2. The summed E-state index contributed by atoms with van der Waals surface area (Å²) in [6.45, 7) is 8.06. The second kappa shape index (κ2) is 12.6. The molecule has 0 aromatic heterocycles. The van der Waals surface area contributed by atoms with Gasteiger partial charge in [0, 0.05) is 12.5 Å². The standard InChI is InChI=1S/C28H26O6/c1-3-18-31-24-12-6-21(7-13-24)22-8-16-26(17-9-22)34-28(30)23-10-14-25(15-11-23)32-19-5-20-33-27(29)4-2/h3-4,6-17H,1-2,5,18-20H2. The molecule has 0 unspecified atom stereocenters. The molecule has 174 valence electrons. The molecule has 3 aromatic rings. The predicted octanol–water partition coefficient (Wildman–Crippen LogP) is 5.64. The molecule has 0 bridgehead atoms. The number of rotatable bonds is 12. The van der Waals surface area contributed by atoms with Crippen LogP contribution in [0.1, 0.15) is 16.8 Å². The lowest BCUT2D eigenvalue weighted by molar-refractivity contribution is -0.137. The van der Waals surface area contributed by atoms with Gasteiger partial charge in [0.25, 0.3) is 0 Å². The summed E-state index contributed by atoms with van der Waals surface area (Å²) in [6.07, 6.45) is 3.37. The van der Waals surface area contributed by atoms with Gasteiger partial charge in [-0.2, -0.15) is 0 Å². The highest BCUT2D eigenvalue weighted by atomic mass is 16.5. The molecule has 0 heterocycles. The third-order valence-electron chi connectivity index (χ3n) is 4.68. The average molecular weight is 459 g/mol. The molecule has 0 saturated carbocycles. The molecular weight excluding hydrogens is 432 g/mol. The van der Waals surface area contributed by atoms with Crippen LogP contribution in [0.15, 0.2) is 98.1 Å². The van der Waals surface area contributed by atoms with E-state index in [0.29, 0.717) is 36.7 Å². The van der Waals surface area contributed by atoms with E-state index in [1.165, 1.54) is 0 Å². The first-order valence-corrected chi connectivity index (χ1v) is 10.8. The lowest BCUT2D eigenvalue weighted by Crippen LogP contribution is -2.09. The van der Waals surface area contributed by atoms with Crippen LogP contribution in [-0.4, -0.2) is 31.8 Å². The Hall–Kier alpha value is -4.32. The highest BCUT2D eigenvalue weighted by Crippen LogP contribution is 2.25. The van der Waals surface area contributed by atoms with Crippen molar-refractivity contribution in [3.63, 3.8) is 0 Å². The van der Waals surface area contributed by atoms with Gasteiger partial charge in [0.2, 0.25) is 0 Å². The van der Waals surface area contributed by atoms with E-state index in [9.17, 15) is 9.59 Å². The second-order valence-corrected chi connectivity index (χ2v) is 7.14. The third-order valence-corrected chi connectivity index (χ3v) is 4.68. The van der Waals surface area contributed by atoms with Gasteiger partial charge in [0.15, 0.2) is 0 Å². The molecule has 0 radical (unpaired) electrons. The monoisotopic (exact) mass is 458 g/mol. The van der Waals surface area contributed by atoms with Crippen molar-refractivity contribution in [3.8, 4) is 28.4 Å². The van der Waals surface area contributed by atoms with Gasteiger partial charge in [-0.1, -0.05) is 43.5 Å². The molecule has 6 heteroatoms. The van der Waals surface area contributed by atoms with Crippen LogP contribution in [0.2, 0.25) is 0 Å². The summed E-state index contributed by atoms with van der Waals surface area (Å²) in [5.74, 6) is 0.922. The first-order valence-electron chi connectivity index (χ1n) is 10.8. The third kappa shape index (κ3) is 7.38. The molecule has 3 aromatic carbocycles. The molecule has 0 spiro atoms. The summed E-state index contributed by atoms with van der Waals surface area (Å²) in [4.78, 5) is 23.4. The lowest BCUT2D eigenvalue weighted by atomic mass is 10.1. The van der Waals surface area contributed by atoms with Crippen LogP contribution >= 0.6 is 0 Å². The number of esters is 2. The Morgan fingerprint density at radius 2 is 1.26 bits per heavy atom. The highest BCUT2D eigenvalue weighted by molar-refractivity contribution is 5.91. The Balaban J connectivity index is 1.49. The van der Waals surface area contributed by atoms with Gasteiger partial charge in [-0.05, 0) is 59.7 Å². The van der Waals surface area contributed by atoms with Crippen molar-refractivity contribution in [2.45, 2.75) is 6.42 Å². The van der Waals surface area contributed by atoms with Crippen molar-refractivity contribution in [2.75, 3.05) is 19.8 Å². The minimum atomic E-state index is -0.459. The SMILES string of the molecule is C=CCOc1ccc(-c2ccc(OC(=O)c3ccc(OCCCOC(=O)C=C)cc3)cc2)cc1. The van der Waals surface area contributed by atoms with Gasteiger partial charge < -0.3 is 18.9 Å². The average Bonchev–Trinajstić information content (AvgIpc) is 2.88. The van der Waals surface area contributed by atoms with Gasteiger partial charge in [-0.3, -0.25) is 0 Å². The molecule has 0 aliphatic heterocycles. The Labute approximate surface area is 199 Å². The number of benzene rings is 3. The van der Waals surface area contributed by atoms with Crippen molar-refractivity contribution in [3.05, 3.63) is 104 Å². The molecule has 3 rings (SSSR count). The van der Waals surface area contributed by atoms with Gasteiger partial charge in [-0.15, -0.1) is 0 Å². The van der Waals surface area contributed by atoms with E-state index in [0.717, 1.165) is 23.0 Å². The number of ether oxygens (including phenoxy) is 4. The number of hydrogen-bond acceptors (Lipinski definition) is 6. The first-order chi connectivity index (χ1) is 16.6. The summed E-state index contributed by atoms with van der Waals surface area (Å²) in [5, 5.41) is 0. The summed E-state index contributed by atoms with van der Waals surface area (Å²) >= 11 is 0. The Kier molecular flexibility index (Phi) is 9.05.